The molecule has 0 saturated heterocycles. The molecule has 1 heterocycles. The number of aryl methyl sites for hydroxylation is 1. The van der Waals surface area contributed by atoms with Gasteiger partial charge in [-0.3, -0.25) is 9.78 Å². The number of aromatic nitrogens is 1. The van der Waals surface area contributed by atoms with Crippen LogP contribution in [0.1, 0.15) is 43.7 Å². The van der Waals surface area contributed by atoms with Crippen LogP contribution in [-0.2, 0) is 0 Å². The number of hydrogen-bond acceptors (Lipinski definition) is 3. The highest BCUT2D eigenvalue weighted by Crippen LogP contribution is 2.20. The van der Waals surface area contributed by atoms with E-state index in [1.807, 2.05) is 19.9 Å². The van der Waals surface area contributed by atoms with Crippen LogP contribution in [0.15, 0.2) is 12.3 Å². The number of carbonyl (C=O) groups excluding carboxylic acids is 1. The summed E-state index contributed by atoms with van der Waals surface area (Å²) in [6.07, 6.45) is 1.62. The summed E-state index contributed by atoms with van der Waals surface area (Å²) in [7, 11) is 1.80. The normalized spacial score (nSPS) is 13.0. The number of anilines is 1. The Balaban J connectivity index is 2.91. The molecule has 0 bridgehead atoms. The number of pyridine rings is 1. The molecule has 0 aromatic carbocycles. The molecule has 1 aromatic heterocycles. The van der Waals surface area contributed by atoms with Gasteiger partial charge in [-0.1, -0.05) is 20.8 Å². The number of hydrogen-bond donors (Lipinski definition) is 2. The second kappa shape index (κ2) is 5.38. The van der Waals surface area contributed by atoms with Crippen molar-refractivity contribution in [1.29, 1.82) is 0 Å². The quantitative estimate of drug-likeness (QED) is 0.865. The molecular weight excluding hydrogens is 226 g/mol. The third kappa shape index (κ3) is 3.45. The Bertz CT molecular complexity index is 435. The molecule has 4 nitrogen and oxygen atoms in total. The molecule has 1 rings (SSSR count). The fourth-order valence-electron chi connectivity index (χ4n) is 1.44. The van der Waals surface area contributed by atoms with Crippen LogP contribution in [0.2, 0.25) is 0 Å². The molecule has 0 spiro atoms. The van der Waals surface area contributed by atoms with Crippen molar-refractivity contribution in [2.24, 2.45) is 5.41 Å². The van der Waals surface area contributed by atoms with Crippen LogP contribution in [0.5, 0.6) is 0 Å². The summed E-state index contributed by atoms with van der Waals surface area (Å²) in [5.41, 5.74) is 2.31. The molecule has 0 aliphatic heterocycles. The SMILES string of the molecule is CNc1cc(C)ncc1C(=O)NC(C)C(C)(C)C. The van der Waals surface area contributed by atoms with Crippen LogP contribution in [0.25, 0.3) is 0 Å². The lowest BCUT2D eigenvalue weighted by molar-refractivity contribution is 0.0910. The summed E-state index contributed by atoms with van der Waals surface area (Å²) in [6.45, 7) is 10.2. The van der Waals surface area contributed by atoms with Crippen molar-refractivity contribution in [2.45, 2.75) is 40.7 Å². The van der Waals surface area contributed by atoms with Crippen molar-refractivity contribution in [2.75, 3.05) is 12.4 Å². The highest BCUT2D eigenvalue weighted by atomic mass is 16.1. The first-order valence-corrected chi connectivity index (χ1v) is 6.21. The minimum absolute atomic E-state index is 0.0353. The molecule has 1 unspecified atom stereocenters. The monoisotopic (exact) mass is 249 g/mol. The Labute approximate surface area is 109 Å². The highest BCUT2D eigenvalue weighted by Gasteiger charge is 2.23. The Hall–Kier alpha value is -1.58. The van der Waals surface area contributed by atoms with Gasteiger partial charge >= 0.3 is 0 Å². The van der Waals surface area contributed by atoms with Crippen LogP contribution in [0.3, 0.4) is 0 Å². The minimum atomic E-state index is -0.0886. The molecule has 0 fully saturated rings. The summed E-state index contributed by atoms with van der Waals surface area (Å²) in [4.78, 5) is 16.4. The predicted molar refractivity (Wildman–Crippen MR) is 74.9 cm³/mol. The molecule has 1 atom stereocenters. The van der Waals surface area contributed by atoms with E-state index >= 15 is 0 Å². The van der Waals surface area contributed by atoms with Gasteiger partial charge in [0.25, 0.3) is 5.91 Å². The lowest BCUT2D eigenvalue weighted by atomic mass is 9.88. The van der Waals surface area contributed by atoms with Crippen LogP contribution >= 0.6 is 0 Å². The van der Waals surface area contributed by atoms with Crippen molar-refractivity contribution in [1.82, 2.24) is 10.3 Å². The molecular formula is C14H23N3O. The van der Waals surface area contributed by atoms with E-state index in [4.69, 9.17) is 0 Å². The summed E-state index contributed by atoms with van der Waals surface area (Å²) < 4.78 is 0. The largest absolute Gasteiger partial charge is 0.387 e. The van der Waals surface area contributed by atoms with Gasteiger partial charge in [-0.2, -0.15) is 0 Å². The molecule has 100 valence electrons. The van der Waals surface area contributed by atoms with E-state index in [0.717, 1.165) is 11.4 Å². The number of carbonyl (C=O) groups is 1. The first kappa shape index (κ1) is 14.5. The lowest BCUT2D eigenvalue weighted by Crippen LogP contribution is -2.41. The molecule has 4 heteroatoms. The van der Waals surface area contributed by atoms with Gasteiger partial charge < -0.3 is 10.6 Å². The van der Waals surface area contributed by atoms with Crippen LogP contribution in [0.4, 0.5) is 5.69 Å². The zero-order valence-electron chi connectivity index (χ0n) is 12.1. The van der Waals surface area contributed by atoms with Gasteiger partial charge in [0.05, 0.1) is 11.3 Å². The third-order valence-electron chi connectivity index (χ3n) is 3.20. The molecule has 0 saturated carbocycles. The van der Waals surface area contributed by atoms with E-state index in [1.54, 1.807) is 13.2 Å². The van der Waals surface area contributed by atoms with E-state index in [9.17, 15) is 4.79 Å². The van der Waals surface area contributed by atoms with Crippen molar-refractivity contribution in [3.05, 3.63) is 23.5 Å². The summed E-state index contributed by atoms with van der Waals surface area (Å²) in [5, 5.41) is 6.04. The van der Waals surface area contributed by atoms with Crippen molar-refractivity contribution < 1.29 is 4.79 Å². The molecule has 0 radical (unpaired) electrons. The zero-order chi connectivity index (χ0) is 13.9. The summed E-state index contributed by atoms with van der Waals surface area (Å²) >= 11 is 0. The lowest BCUT2D eigenvalue weighted by Gasteiger charge is -2.28. The second-order valence-electron chi connectivity index (χ2n) is 5.68. The molecule has 2 N–H and O–H groups in total. The van der Waals surface area contributed by atoms with Gasteiger partial charge in [0.1, 0.15) is 0 Å². The fraction of sp³-hybridized carbons (Fsp3) is 0.571. The topological polar surface area (TPSA) is 54.0 Å². The van der Waals surface area contributed by atoms with E-state index in [-0.39, 0.29) is 17.4 Å². The maximum Gasteiger partial charge on any atom is 0.255 e. The van der Waals surface area contributed by atoms with Crippen molar-refractivity contribution in [3.63, 3.8) is 0 Å². The molecule has 1 aromatic rings. The fourth-order valence-corrected chi connectivity index (χ4v) is 1.44. The van der Waals surface area contributed by atoms with Gasteiger partial charge in [0.2, 0.25) is 0 Å². The predicted octanol–water partition coefficient (Wildman–Crippen LogP) is 2.60. The van der Waals surface area contributed by atoms with Gasteiger partial charge in [-0.05, 0) is 25.3 Å². The third-order valence-corrected chi connectivity index (χ3v) is 3.20. The van der Waals surface area contributed by atoms with Gasteiger partial charge in [0.15, 0.2) is 0 Å². The number of nitrogens with one attached hydrogen (secondary N) is 2. The Morgan fingerprint density at radius 1 is 1.39 bits per heavy atom. The second-order valence-corrected chi connectivity index (χ2v) is 5.68. The van der Waals surface area contributed by atoms with Crippen LogP contribution in [0, 0.1) is 12.3 Å². The first-order chi connectivity index (χ1) is 8.25. The van der Waals surface area contributed by atoms with E-state index in [0.29, 0.717) is 5.56 Å². The summed E-state index contributed by atoms with van der Waals surface area (Å²) in [6, 6.07) is 1.97. The summed E-state index contributed by atoms with van der Waals surface area (Å²) in [5.74, 6) is -0.0886. The first-order valence-electron chi connectivity index (χ1n) is 6.21. The highest BCUT2D eigenvalue weighted by molar-refractivity contribution is 5.99. The van der Waals surface area contributed by atoms with E-state index in [2.05, 4.69) is 36.4 Å². The van der Waals surface area contributed by atoms with Crippen LogP contribution < -0.4 is 10.6 Å². The van der Waals surface area contributed by atoms with E-state index < -0.39 is 0 Å². The van der Waals surface area contributed by atoms with Gasteiger partial charge in [-0.15, -0.1) is 0 Å². The maximum atomic E-state index is 12.2. The van der Waals surface area contributed by atoms with Gasteiger partial charge in [-0.25, -0.2) is 0 Å². The molecule has 0 aliphatic rings. The standard InChI is InChI=1S/C14H23N3O/c1-9-7-12(15-6)11(8-16-9)13(18)17-10(2)14(3,4)5/h7-8,10H,1-6H3,(H,15,16)(H,17,18). The maximum absolute atomic E-state index is 12.2. The molecule has 0 aliphatic carbocycles. The van der Waals surface area contributed by atoms with Gasteiger partial charge in [0, 0.05) is 25.0 Å². The Kier molecular flexibility index (Phi) is 4.33. The number of amides is 1. The Morgan fingerprint density at radius 3 is 2.50 bits per heavy atom. The van der Waals surface area contributed by atoms with E-state index in [1.165, 1.54) is 0 Å². The number of nitrogens with zero attached hydrogens (tertiary/aromatic N) is 1. The smallest absolute Gasteiger partial charge is 0.255 e. The number of rotatable bonds is 3. The minimum Gasteiger partial charge on any atom is -0.387 e. The molecule has 18 heavy (non-hydrogen) atoms. The average molecular weight is 249 g/mol. The van der Waals surface area contributed by atoms with Crippen LogP contribution in [-0.4, -0.2) is 24.0 Å². The zero-order valence-corrected chi connectivity index (χ0v) is 12.1. The van der Waals surface area contributed by atoms with Crippen molar-refractivity contribution in [3.8, 4) is 0 Å². The Morgan fingerprint density at radius 2 is 2.00 bits per heavy atom. The van der Waals surface area contributed by atoms with Crippen molar-refractivity contribution >= 4 is 11.6 Å². The molecule has 1 amide bonds. The average Bonchev–Trinajstić information content (AvgIpc) is 2.27.